The van der Waals surface area contributed by atoms with E-state index in [-0.39, 0.29) is 6.10 Å². The minimum atomic E-state index is -0.118. The molecule has 1 unspecified atom stereocenters. The van der Waals surface area contributed by atoms with Gasteiger partial charge < -0.3 is 5.11 Å². The Balaban J connectivity index is 2.23. The number of benzene rings is 1. The van der Waals surface area contributed by atoms with Gasteiger partial charge in [0.1, 0.15) is 0 Å². The summed E-state index contributed by atoms with van der Waals surface area (Å²) < 4.78 is 0. The van der Waals surface area contributed by atoms with Crippen LogP contribution in [0.5, 0.6) is 0 Å². The lowest BCUT2D eigenvalue weighted by molar-refractivity contribution is 0.151. The predicted octanol–water partition coefficient (Wildman–Crippen LogP) is 3.87. The van der Waals surface area contributed by atoms with Crippen LogP contribution >= 0.6 is 0 Å². The van der Waals surface area contributed by atoms with Gasteiger partial charge in [-0.15, -0.1) is 0 Å². The van der Waals surface area contributed by atoms with Gasteiger partial charge in [-0.05, 0) is 31.7 Å². The van der Waals surface area contributed by atoms with Crippen molar-refractivity contribution in [3.05, 3.63) is 35.4 Å². The number of aliphatic hydroxyl groups is 1. The van der Waals surface area contributed by atoms with Crippen LogP contribution in [0.3, 0.4) is 0 Å². The lowest BCUT2D eigenvalue weighted by Gasteiger charge is -2.10. The number of rotatable bonds is 7. The molecule has 1 aromatic carbocycles. The summed E-state index contributed by atoms with van der Waals surface area (Å²) in [5.74, 6) is 0. The molecule has 0 spiro atoms. The van der Waals surface area contributed by atoms with Crippen LogP contribution < -0.4 is 0 Å². The van der Waals surface area contributed by atoms with Crippen LogP contribution in [0, 0.1) is 6.92 Å². The summed E-state index contributed by atoms with van der Waals surface area (Å²) in [6.45, 7) is 4.31. The monoisotopic (exact) mass is 220 g/mol. The van der Waals surface area contributed by atoms with Gasteiger partial charge in [-0.1, -0.05) is 56.0 Å². The number of unbranched alkanes of at least 4 members (excludes halogenated alkanes) is 2. The Hall–Kier alpha value is -0.820. The van der Waals surface area contributed by atoms with Gasteiger partial charge in [-0.3, -0.25) is 0 Å². The zero-order valence-electron chi connectivity index (χ0n) is 10.6. The third kappa shape index (κ3) is 5.32. The van der Waals surface area contributed by atoms with Gasteiger partial charge in [-0.25, -0.2) is 0 Å². The molecule has 90 valence electrons. The number of hydrogen-bond acceptors (Lipinski definition) is 1. The quantitative estimate of drug-likeness (QED) is 0.692. The smallest absolute Gasteiger partial charge is 0.0543 e. The first-order valence-corrected chi connectivity index (χ1v) is 6.46. The summed E-state index contributed by atoms with van der Waals surface area (Å²) in [7, 11) is 0. The lowest BCUT2D eigenvalue weighted by atomic mass is 10.0. The first-order chi connectivity index (χ1) is 7.72. The molecule has 1 aromatic rings. The maximum absolute atomic E-state index is 9.81. The molecule has 0 saturated heterocycles. The normalized spacial score (nSPS) is 12.7. The molecule has 1 nitrogen and oxygen atoms in total. The first-order valence-electron chi connectivity index (χ1n) is 6.46. The van der Waals surface area contributed by atoms with Crippen LogP contribution in [-0.4, -0.2) is 11.2 Å². The van der Waals surface area contributed by atoms with Crippen LogP contribution in [0.2, 0.25) is 0 Å². The summed E-state index contributed by atoms with van der Waals surface area (Å²) >= 11 is 0. The van der Waals surface area contributed by atoms with E-state index in [1.54, 1.807) is 0 Å². The van der Waals surface area contributed by atoms with Crippen molar-refractivity contribution in [2.75, 3.05) is 0 Å². The number of aryl methyl sites for hydroxylation is 2. The summed E-state index contributed by atoms with van der Waals surface area (Å²) in [6.07, 6.45) is 6.35. The Morgan fingerprint density at radius 2 is 2.00 bits per heavy atom. The molecular formula is C15H24O. The van der Waals surface area contributed by atoms with Crippen molar-refractivity contribution >= 4 is 0 Å². The van der Waals surface area contributed by atoms with E-state index in [4.69, 9.17) is 0 Å². The van der Waals surface area contributed by atoms with Gasteiger partial charge in [0.05, 0.1) is 6.10 Å². The van der Waals surface area contributed by atoms with Crippen molar-refractivity contribution in [1.82, 2.24) is 0 Å². The highest BCUT2D eigenvalue weighted by Gasteiger charge is 2.04. The second-order valence-corrected chi connectivity index (χ2v) is 4.68. The Morgan fingerprint density at radius 1 is 1.19 bits per heavy atom. The second-order valence-electron chi connectivity index (χ2n) is 4.68. The molecule has 0 radical (unpaired) electrons. The third-order valence-corrected chi connectivity index (χ3v) is 2.99. The van der Waals surface area contributed by atoms with Crippen molar-refractivity contribution in [3.63, 3.8) is 0 Å². The van der Waals surface area contributed by atoms with E-state index in [1.165, 1.54) is 24.0 Å². The topological polar surface area (TPSA) is 20.2 Å². The lowest BCUT2D eigenvalue weighted by Crippen LogP contribution is -2.07. The summed E-state index contributed by atoms with van der Waals surface area (Å²) in [4.78, 5) is 0. The Kier molecular flexibility index (Phi) is 6.17. The van der Waals surface area contributed by atoms with Crippen molar-refractivity contribution in [3.8, 4) is 0 Å². The summed E-state index contributed by atoms with van der Waals surface area (Å²) in [6, 6.07) is 8.56. The van der Waals surface area contributed by atoms with Crippen LogP contribution in [0.25, 0.3) is 0 Å². The fourth-order valence-corrected chi connectivity index (χ4v) is 1.98. The molecule has 0 amide bonds. The van der Waals surface area contributed by atoms with E-state index >= 15 is 0 Å². The standard InChI is InChI=1S/C15H24O/c1-3-4-5-9-15(16)11-10-14-8-6-7-13(2)12-14/h6-8,12,15-16H,3-5,9-11H2,1-2H3. The summed E-state index contributed by atoms with van der Waals surface area (Å²) in [5, 5.41) is 9.81. The van der Waals surface area contributed by atoms with E-state index in [0.717, 1.165) is 25.7 Å². The molecular weight excluding hydrogens is 196 g/mol. The molecule has 1 rings (SSSR count). The molecule has 1 atom stereocenters. The molecule has 0 bridgehead atoms. The molecule has 0 aliphatic carbocycles. The average molecular weight is 220 g/mol. The van der Waals surface area contributed by atoms with E-state index in [2.05, 4.69) is 38.1 Å². The van der Waals surface area contributed by atoms with E-state index < -0.39 is 0 Å². The van der Waals surface area contributed by atoms with Gasteiger partial charge >= 0.3 is 0 Å². The van der Waals surface area contributed by atoms with Crippen molar-refractivity contribution in [2.45, 2.75) is 58.5 Å². The van der Waals surface area contributed by atoms with Crippen LogP contribution in [-0.2, 0) is 6.42 Å². The van der Waals surface area contributed by atoms with Gasteiger partial charge in [0.2, 0.25) is 0 Å². The zero-order chi connectivity index (χ0) is 11.8. The van der Waals surface area contributed by atoms with Crippen molar-refractivity contribution < 1.29 is 5.11 Å². The van der Waals surface area contributed by atoms with E-state index in [9.17, 15) is 5.11 Å². The minimum Gasteiger partial charge on any atom is -0.393 e. The minimum absolute atomic E-state index is 0.118. The highest BCUT2D eigenvalue weighted by Crippen LogP contribution is 2.11. The molecule has 1 heteroatoms. The maximum Gasteiger partial charge on any atom is 0.0543 e. The van der Waals surface area contributed by atoms with Gasteiger partial charge in [0.25, 0.3) is 0 Å². The van der Waals surface area contributed by atoms with E-state index in [1.807, 2.05) is 0 Å². The number of aliphatic hydroxyl groups excluding tert-OH is 1. The van der Waals surface area contributed by atoms with E-state index in [0.29, 0.717) is 0 Å². The molecule has 0 saturated carbocycles. The Morgan fingerprint density at radius 3 is 2.69 bits per heavy atom. The van der Waals surface area contributed by atoms with Crippen molar-refractivity contribution in [1.29, 1.82) is 0 Å². The van der Waals surface area contributed by atoms with Gasteiger partial charge in [-0.2, -0.15) is 0 Å². The molecule has 0 aliphatic rings. The van der Waals surface area contributed by atoms with Gasteiger partial charge in [0.15, 0.2) is 0 Å². The fraction of sp³-hybridized carbons (Fsp3) is 0.600. The maximum atomic E-state index is 9.81. The van der Waals surface area contributed by atoms with Gasteiger partial charge in [0, 0.05) is 0 Å². The first kappa shape index (κ1) is 13.2. The van der Waals surface area contributed by atoms with Crippen LogP contribution in [0.15, 0.2) is 24.3 Å². The molecule has 16 heavy (non-hydrogen) atoms. The molecule has 0 aliphatic heterocycles. The SMILES string of the molecule is CCCCCC(O)CCc1cccc(C)c1. The Labute approximate surface area is 99.5 Å². The Bertz CT molecular complexity index is 293. The molecule has 1 N–H and O–H groups in total. The molecule has 0 heterocycles. The summed E-state index contributed by atoms with van der Waals surface area (Å²) in [5.41, 5.74) is 2.65. The predicted molar refractivity (Wildman–Crippen MR) is 69.6 cm³/mol. The van der Waals surface area contributed by atoms with Crippen molar-refractivity contribution in [2.24, 2.45) is 0 Å². The third-order valence-electron chi connectivity index (χ3n) is 2.99. The van der Waals surface area contributed by atoms with Crippen LogP contribution in [0.4, 0.5) is 0 Å². The fourth-order valence-electron chi connectivity index (χ4n) is 1.98. The van der Waals surface area contributed by atoms with Crippen LogP contribution in [0.1, 0.15) is 50.2 Å². The highest BCUT2D eigenvalue weighted by atomic mass is 16.3. The molecule has 0 aromatic heterocycles. The average Bonchev–Trinajstić information content (AvgIpc) is 2.27. The highest BCUT2D eigenvalue weighted by molar-refractivity contribution is 5.22. The molecule has 0 fully saturated rings. The largest absolute Gasteiger partial charge is 0.393 e. The second kappa shape index (κ2) is 7.45. The number of hydrogen-bond donors (Lipinski definition) is 1. The zero-order valence-corrected chi connectivity index (χ0v) is 10.6.